The fraction of sp³-hybridized carbons (Fsp3) is 0.364. The van der Waals surface area contributed by atoms with Crippen molar-refractivity contribution in [3.05, 3.63) is 30.4 Å². The minimum atomic E-state index is 0.726. The highest BCUT2D eigenvalue weighted by atomic mass is 15.0. The largest absolute Gasteiger partial charge is 0.360 e. The Bertz CT molecular complexity index is 425. The van der Waals surface area contributed by atoms with Gasteiger partial charge in [0, 0.05) is 12.2 Å². The van der Waals surface area contributed by atoms with Crippen LogP contribution in [0.3, 0.4) is 0 Å². The predicted molar refractivity (Wildman–Crippen MR) is 58.2 cm³/mol. The van der Waals surface area contributed by atoms with Crippen LogP contribution >= 0.6 is 0 Å². The van der Waals surface area contributed by atoms with Gasteiger partial charge in [0.1, 0.15) is 5.82 Å². The highest BCUT2D eigenvalue weighted by Gasteiger charge is 2.20. The molecule has 0 atom stereocenters. The van der Waals surface area contributed by atoms with E-state index in [4.69, 9.17) is 0 Å². The Morgan fingerprint density at radius 2 is 2.33 bits per heavy atom. The predicted octanol–water partition coefficient (Wildman–Crippen LogP) is 1.66. The van der Waals surface area contributed by atoms with Crippen LogP contribution < -0.4 is 5.32 Å². The van der Waals surface area contributed by atoms with E-state index < -0.39 is 0 Å². The molecule has 2 heterocycles. The molecule has 78 valence electrons. The molecule has 1 fully saturated rings. The number of hydrogen-bond donors (Lipinski definition) is 3. The molecule has 0 radical (unpaired) electrons. The van der Waals surface area contributed by atoms with Gasteiger partial charge in [-0.25, -0.2) is 4.98 Å². The molecule has 15 heavy (non-hydrogen) atoms. The molecule has 0 spiro atoms. The Morgan fingerprint density at radius 1 is 1.40 bits per heavy atom. The molecule has 0 amide bonds. The summed E-state index contributed by atoms with van der Waals surface area (Å²) in [7, 11) is 0. The third-order valence-electron chi connectivity index (χ3n) is 2.65. The van der Waals surface area contributed by atoms with Crippen molar-refractivity contribution in [1.82, 2.24) is 20.3 Å². The summed E-state index contributed by atoms with van der Waals surface area (Å²) in [4.78, 5) is 10.8. The molecule has 3 rings (SSSR count). The standard InChI is InChI=1S/C11H14N4/c1-2-9(12-5-1)10-6-14-11(15-10)7-13-8-3-4-8/h1-2,5-6,8,12-13H,3-4,7H2,(H,14,15). The van der Waals surface area contributed by atoms with Gasteiger partial charge in [0.25, 0.3) is 0 Å². The second-order valence-electron chi connectivity index (χ2n) is 3.98. The summed E-state index contributed by atoms with van der Waals surface area (Å²) < 4.78 is 0. The van der Waals surface area contributed by atoms with Crippen molar-refractivity contribution in [2.45, 2.75) is 25.4 Å². The first-order valence-corrected chi connectivity index (χ1v) is 5.33. The van der Waals surface area contributed by atoms with Gasteiger partial charge in [0.2, 0.25) is 0 Å². The van der Waals surface area contributed by atoms with Crippen LogP contribution in [0.25, 0.3) is 11.4 Å². The number of imidazole rings is 1. The summed E-state index contributed by atoms with van der Waals surface area (Å²) in [5.41, 5.74) is 2.13. The van der Waals surface area contributed by atoms with Crippen LogP contribution in [0.5, 0.6) is 0 Å². The first-order valence-electron chi connectivity index (χ1n) is 5.33. The van der Waals surface area contributed by atoms with Gasteiger partial charge in [-0.05, 0) is 25.0 Å². The zero-order valence-electron chi connectivity index (χ0n) is 8.46. The molecule has 1 saturated carbocycles. The van der Waals surface area contributed by atoms with Crippen molar-refractivity contribution < 1.29 is 0 Å². The number of aromatic amines is 2. The zero-order valence-corrected chi connectivity index (χ0v) is 8.46. The lowest BCUT2D eigenvalue weighted by atomic mass is 10.3. The van der Waals surface area contributed by atoms with E-state index >= 15 is 0 Å². The smallest absolute Gasteiger partial charge is 0.120 e. The fourth-order valence-electron chi connectivity index (χ4n) is 1.62. The van der Waals surface area contributed by atoms with E-state index in [0.29, 0.717) is 0 Å². The molecule has 2 aromatic rings. The van der Waals surface area contributed by atoms with Gasteiger partial charge >= 0.3 is 0 Å². The summed E-state index contributed by atoms with van der Waals surface area (Å²) in [5, 5.41) is 3.43. The van der Waals surface area contributed by atoms with E-state index in [-0.39, 0.29) is 0 Å². The van der Waals surface area contributed by atoms with E-state index in [9.17, 15) is 0 Å². The Morgan fingerprint density at radius 3 is 3.07 bits per heavy atom. The molecule has 4 heteroatoms. The fourth-order valence-corrected chi connectivity index (χ4v) is 1.62. The van der Waals surface area contributed by atoms with Crippen molar-refractivity contribution in [2.75, 3.05) is 0 Å². The zero-order chi connectivity index (χ0) is 10.1. The Labute approximate surface area is 88.1 Å². The van der Waals surface area contributed by atoms with Gasteiger partial charge in [-0.3, -0.25) is 0 Å². The van der Waals surface area contributed by atoms with E-state index in [0.717, 1.165) is 29.8 Å². The van der Waals surface area contributed by atoms with Crippen LogP contribution in [-0.2, 0) is 6.54 Å². The van der Waals surface area contributed by atoms with Crippen molar-refractivity contribution in [3.63, 3.8) is 0 Å². The van der Waals surface area contributed by atoms with Crippen LogP contribution in [0.15, 0.2) is 24.5 Å². The molecule has 0 aromatic carbocycles. The van der Waals surface area contributed by atoms with E-state index in [2.05, 4.69) is 20.3 Å². The summed E-state index contributed by atoms with van der Waals surface area (Å²) in [6, 6.07) is 4.74. The maximum absolute atomic E-state index is 4.33. The van der Waals surface area contributed by atoms with Crippen LogP contribution in [0.4, 0.5) is 0 Å². The number of nitrogens with one attached hydrogen (secondary N) is 3. The Balaban J connectivity index is 1.69. The van der Waals surface area contributed by atoms with Crippen molar-refractivity contribution in [1.29, 1.82) is 0 Å². The van der Waals surface area contributed by atoms with Crippen LogP contribution in [-0.4, -0.2) is 21.0 Å². The number of aromatic nitrogens is 3. The number of hydrogen-bond acceptors (Lipinski definition) is 2. The van der Waals surface area contributed by atoms with Gasteiger partial charge in [-0.1, -0.05) is 0 Å². The summed E-state index contributed by atoms with van der Waals surface area (Å²) in [5.74, 6) is 1.01. The average Bonchev–Trinajstić information content (AvgIpc) is 2.78. The second-order valence-corrected chi connectivity index (χ2v) is 3.98. The molecule has 0 aliphatic heterocycles. The van der Waals surface area contributed by atoms with Crippen LogP contribution in [0.1, 0.15) is 18.7 Å². The van der Waals surface area contributed by atoms with Gasteiger partial charge in [0.15, 0.2) is 0 Å². The lowest BCUT2D eigenvalue weighted by Gasteiger charge is -1.97. The third-order valence-corrected chi connectivity index (χ3v) is 2.65. The molecule has 0 unspecified atom stereocenters. The highest BCUT2D eigenvalue weighted by Crippen LogP contribution is 2.19. The van der Waals surface area contributed by atoms with Gasteiger partial charge in [0.05, 0.1) is 24.1 Å². The molecule has 3 N–H and O–H groups in total. The molecule has 4 nitrogen and oxygen atoms in total. The van der Waals surface area contributed by atoms with Crippen molar-refractivity contribution in [2.24, 2.45) is 0 Å². The summed E-state index contributed by atoms with van der Waals surface area (Å²) in [6.07, 6.45) is 6.41. The van der Waals surface area contributed by atoms with E-state index in [1.165, 1.54) is 12.8 Å². The molecule has 1 aliphatic rings. The maximum Gasteiger partial charge on any atom is 0.120 e. The lowest BCUT2D eigenvalue weighted by molar-refractivity contribution is 0.664. The van der Waals surface area contributed by atoms with Gasteiger partial charge in [-0.15, -0.1) is 0 Å². The average molecular weight is 202 g/mol. The number of rotatable bonds is 4. The monoisotopic (exact) mass is 202 g/mol. The highest BCUT2D eigenvalue weighted by molar-refractivity contribution is 5.53. The van der Waals surface area contributed by atoms with Crippen LogP contribution in [0.2, 0.25) is 0 Å². The topological polar surface area (TPSA) is 56.5 Å². The third kappa shape index (κ3) is 1.94. The van der Waals surface area contributed by atoms with Crippen molar-refractivity contribution in [3.8, 4) is 11.4 Å². The quantitative estimate of drug-likeness (QED) is 0.706. The van der Waals surface area contributed by atoms with E-state index in [1.807, 2.05) is 24.5 Å². The van der Waals surface area contributed by atoms with Gasteiger partial charge < -0.3 is 15.3 Å². The Hall–Kier alpha value is -1.55. The van der Waals surface area contributed by atoms with Crippen molar-refractivity contribution >= 4 is 0 Å². The first-order chi connectivity index (χ1) is 7.42. The minimum Gasteiger partial charge on any atom is -0.360 e. The second kappa shape index (κ2) is 3.55. The molecule has 2 aromatic heterocycles. The first kappa shape index (κ1) is 8.73. The van der Waals surface area contributed by atoms with Gasteiger partial charge in [-0.2, -0.15) is 0 Å². The molecular weight excluding hydrogens is 188 g/mol. The SMILES string of the molecule is c1c[nH]c(-c2cnc(CNC3CC3)[nH]2)c1. The Kier molecular flexibility index (Phi) is 2.07. The molecule has 0 bridgehead atoms. The summed E-state index contributed by atoms with van der Waals surface area (Å²) >= 11 is 0. The summed E-state index contributed by atoms with van der Waals surface area (Å²) in [6.45, 7) is 0.839. The molecule has 0 saturated heterocycles. The maximum atomic E-state index is 4.33. The van der Waals surface area contributed by atoms with E-state index in [1.54, 1.807) is 0 Å². The minimum absolute atomic E-state index is 0.726. The molecule has 1 aliphatic carbocycles. The number of nitrogens with zero attached hydrogens (tertiary/aromatic N) is 1. The molecular formula is C11H14N4. The number of H-pyrrole nitrogens is 2. The lowest BCUT2D eigenvalue weighted by Crippen LogP contribution is -2.16. The normalized spacial score (nSPS) is 15.7. The van der Waals surface area contributed by atoms with Crippen LogP contribution in [0, 0.1) is 0 Å².